The monoisotopic (exact) mass is 287 g/mol. The van der Waals surface area contributed by atoms with E-state index in [0.29, 0.717) is 5.82 Å². The molecular weight excluding hydrogens is 270 g/mol. The lowest BCUT2D eigenvalue weighted by molar-refractivity contribution is -0.119. The second-order valence-electron chi connectivity index (χ2n) is 4.66. The number of aromatic nitrogens is 1. The van der Waals surface area contributed by atoms with Gasteiger partial charge in [0.1, 0.15) is 10.7 Å². The summed E-state index contributed by atoms with van der Waals surface area (Å²) >= 11 is 0. The van der Waals surface area contributed by atoms with Crippen LogP contribution in [0.3, 0.4) is 0 Å². The zero-order valence-corrected chi connectivity index (χ0v) is 11.5. The van der Waals surface area contributed by atoms with Crippen LogP contribution in [-0.4, -0.2) is 24.8 Å². The maximum Gasteiger partial charge on any atom is 0.242 e. The van der Waals surface area contributed by atoms with E-state index < -0.39 is 21.5 Å². The lowest BCUT2D eigenvalue weighted by Crippen LogP contribution is -2.45. The summed E-state index contributed by atoms with van der Waals surface area (Å²) < 4.78 is 26.5. The molecule has 0 aliphatic heterocycles. The number of carbonyl (C=O) groups excluding carboxylic acids is 1. The van der Waals surface area contributed by atoms with E-state index >= 15 is 0 Å². The average molecular weight is 287 g/mol. The number of primary amides is 1. The van der Waals surface area contributed by atoms with E-state index in [4.69, 9.17) is 11.6 Å². The normalized spacial score (nSPS) is 12.2. The number of hydrogen-bond acceptors (Lipinski definition) is 6. The third-order valence-electron chi connectivity index (χ3n) is 2.22. The van der Waals surface area contributed by atoms with Crippen molar-refractivity contribution in [2.45, 2.75) is 30.7 Å². The minimum Gasteiger partial charge on any atom is -0.370 e. The summed E-state index contributed by atoms with van der Waals surface area (Å²) in [5.74, 6) is 4.89. The molecule has 8 nitrogen and oxygen atoms in total. The largest absolute Gasteiger partial charge is 0.370 e. The molecule has 1 amide bonds. The molecular formula is C10H17N5O3S. The molecule has 0 radical (unpaired) electrons. The Morgan fingerprint density at radius 3 is 2.47 bits per heavy atom. The standard InChI is InChI=1S/C10H17N5O3S/c1-10(2,5-8(11)16)15-19(17,18)7-3-4-9(14-12)13-6-7/h3-4,6,15H,5,12H2,1-2H3,(H2,11,16)(H,13,14). The summed E-state index contributed by atoms with van der Waals surface area (Å²) in [5.41, 5.74) is 6.38. The zero-order chi connectivity index (χ0) is 14.7. The number of nitrogens with two attached hydrogens (primary N) is 2. The minimum absolute atomic E-state index is 0.0240. The number of rotatable bonds is 6. The third kappa shape index (κ3) is 4.47. The number of sulfonamides is 1. The summed E-state index contributed by atoms with van der Waals surface area (Å²) in [6.07, 6.45) is 1.06. The van der Waals surface area contributed by atoms with E-state index in [1.807, 2.05) is 0 Å². The van der Waals surface area contributed by atoms with E-state index in [1.165, 1.54) is 12.1 Å². The number of nitrogens with zero attached hydrogens (tertiary/aromatic N) is 1. The smallest absolute Gasteiger partial charge is 0.242 e. The lowest BCUT2D eigenvalue weighted by atomic mass is 10.0. The number of nitrogen functional groups attached to an aromatic ring is 1. The second kappa shape index (κ2) is 5.51. The highest BCUT2D eigenvalue weighted by Gasteiger charge is 2.28. The Hall–Kier alpha value is -1.71. The lowest BCUT2D eigenvalue weighted by Gasteiger charge is -2.24. The van der Waals surface area contributed by atoms with Gasteiger partial charge in [0.25, 0.3) is 0 Å². The van der Waals surface area contributed by atoms with Crippen LogP contribution in [0.1, 0.15) is 20.3 Å². The van der Waals surface area contributed by atoms with Crippen molar-refractivity contribution in [2.75, 3.05) is 5.43 Å². The van der Waals surface area contributed by atoms with Gasteiger partial charge in [-0.3, -0.25) is 4.79 Å². The fourth-order valence-corrected chi connectivity index (χ4v) is 2.88. The van der Waals surface area contributed by atoms with Crippen molar-refractivity contribution >= 4 is 21.7 Å². The minimum atomic E-state index is -3.78. The summed E-state index contributed by atoms with van der Waals surface area (Å²) in [4.78, 5) is 14.7. The van der Waals surface area contributed by atoms with Crippen LogP contribution >= 0.6 is 0 Å². The average Bonchev–Trinajstić information content (AvgIpc) is 2.25. The molecule has 106 valence electrons. The van der Waals surface area contributed by atoms with E-state index in [2.05, 4.69) is 15.1 Å². The molecule has 0 fully saturated rings. The fraction of sp³-hybridized carbons (Fsp3) is 0.400. The van der Waals surface area contributed by atoms with Crippen molar-refractivity contribution in [2.24, 2.45) is 11.6 Å². The van der Waals surface area contributed by atoms with Gasteiger partial charge in [0.05, 0.1) is 0 Å². The van der Waals surface area contributed by atoms with E-state index in [-0.39, 0.29) is 11.3 Å². The molecule has 0 atom stereocenters. The highest BCUT2D eigenvalue weighted by molar-refractivity contribution is 7.89. The quantitative estimate of drug-likeness (QED) is 0.403. The van der Waals surface area contributed by atoms with Crippen molar-refractivity contribution in [3.63, 3.8) is 0 Å². The molecule has 1 rings (SSSR count). The van der Waals surface area contributed by atoms with E-state index in [1.54, 1.807) is 13.8 Å². The molecule has 0 aliphatic carbocycles. The highest BCUT2D eigenvalue weighted by Crippen LogP contribution is 2.15. The molecule has 19 heavy (non-hydrogen) atoms. The predicted octanol–water partition coefficient (Wildman–Crippen LogP) is -0.700. The molecule has 6 N–H and O–H groups in total. The van der Waals surface area contributed by atoms with Gasteiger partial charge in [0, 0.05) is 18.2 Å². The van der Waals surface area contributed by atoms with Gasteiger partial charge >= 0.3 is 0 Å². The van der Waals surface area contributed by atoms with Crippen LogP contribution in [0.25, 0.3) is 0 Å². The van der Waals surface area contributed by atoms with Gasteiger partial charge in [-0.15, -0.1) is 0 Å². The van der Waals surface area contributed by atoms with Gasteiger partial charge in [0.2, 0.25) is 15.9 Å². The SMILES string of the molecule is CC(C)(CC(N)=O)NS(=O)(=O)c1ccc(NN)nc1. The molecule has 9 heteroatoms. The summed E-state index contributed by atoms with van der Waals surface area (Å²) in [7, 11) is -3.78. The van der Waals surface area contributed by atoms with Gasteiger partial charge < -0.3 is 11.2 Å². The Morgan fingerprint density at radius 2 is 2.05 bits per heavy atom. The number of hydrazine groups is 1. The van der Waals surface area contributed by atoms with Crippen LogP contribution in [0.15, 0.2) is 23.2 Å². The summed E-state index contributed by atoms with van der Waals surface area (Å²) in [6, 6.07) is 2.78. The number of carbonyl (C=O) groups is 1. The number of nitrogens with one attached hydrogen (secondary N) is 2. The number of amides is 1. The van der Waals surface area contributed by atoms with Crippen molar-refractivity contribution in [3.05, 3.63) is 18.3 Å². The molecule has 0 aliphatic rings. The van der Waals surface area contributed by atoms with E-state index in [0.717, 1.165) is 6.20 Å². The Balaban J connectivity index is 2.94. The van der Waals surface area contributed by atoms with Crippen LogP contribution in [0, 0.1) is 0 Å². The van der Waals surface area contributed by atoms with Gasteiger partial charge in [-0.2, -0.15) is 0 Å². The molecule has 1 heterocycles. The number of anilines is 1. The molecule has 1 aromatic rings. The van der Waals surface area contributed by atoms with Crippen LogP contribution in [-0.2, 0) is 14.8 Å². The van der Waals surface area contributed by atoms with Crippen LogP contribution in [0.2, 0.25) is 0 Å². The molecule has 0 spiro atoms. The fourth-order valence-electron chi connectivity index (χ4n) is 1.52. The molecule has 1 aromatic heterocycles. The van der Waals surface area contributed by atoms with Crippen LogP contribution in [0.5, 0.6) is 0 Å². The topological polar surface area (TPSA) is 140 Å². The summed E-state index contributed by atoms with van der Waals surface area (Å²) in [6.45, 7) is 3.14. The van der Waals surface area contributed by atoms with Gasteiger partial charge in [0.15, 0.2) is 0 Å². The maximum absolute atomic E-state index is 12.1. The first-order valence-electron chi connectivity index (χ1n) is 5.41. The zero-order valence-electron chi connectivity index (χ0n) is 10.7. The first-order chi connectivity index (χ1) is 8.66. The first kappa shape index (κ1) is 15.3. The summed E-state index contributed by atoms with van der Waals surface area (Å²) in [5, 5.41) is 0. The van der Waals surface area contributed by atoms with Gasteiger partial charge in [-0.1, -0.05) is 0 Å². The number of pyridine rings is 1. The van der Waals surface area contributed by atoms with Crippen molar-refractivity contribution in [1.82, 2.24) is 9.71 Å². The first-order valence-corrected chi connectivity index (χ1v) is 6.89. The maximum atomic E-state index is 12.1. The molecule has 0 aromatic carbocycles. The highest BCUT2D eigenvalue weighted by atomic mass is 32.2. The van der Waals surface area contributed by atoms with Gasteiger partial charge in [-0.05, 0) is 26.0 Å². The molecule has 0 bridgehead atoms. The molecule has 0 unspecified atom stereocenters. The third-order valence-corrected chi connectivity index (χ3v) is 3.90. The van der Waals surface area contributed by atoms with Crippen molar-refractivity contribution in [1.29, 1.82) is 0 Å². The van der Waals surface area contributed by atoms with Crippen LogP contribution < -0.4 is 21.7 Å². The molecule has 0 saturated heterocycles. The Bertz CT molecular complexity index is 553. The predicted molar refractivity (Wildman–Crippen MR) is 70.3 cm³/mol. The van der Waals surface area contributed by atoms with Crippen LogP contribution in [0.4, 0.5) is 5.82 Å². The Kier molecular flexibility index (Phi) is 4.45. The van der Waals surface area contributed by atoms with Crippen molar-refractivity contribution < 1.29 is 13.2 Å². The molecule has 0 saturated carbocycles. The number of hydrogen-bond donors (Lipinski definition) is 4. The second-order valence-corrected chi connectivity index (χ2v) is 6.34. The van der Waals surface area contributed by atoms with Gasteiger partial charge in [-0.25, -0.2) is 24.0 Å². The van der Waals surface area contributed by atoms with Crippen molar-refractivity contribution in [3.8, 4) is 0 Å². The Labute approximate surface area is 111 Å². The van der Waals surface area contributed by atoms with E-state index in [9.17, 15) is 13.2 Å². The Morgan fingerprint density at radius 1 is 1.42 bits per heavy atom.